The standard InChI is InChI=1S/C10H16N4O2/c1-13(7-9(12)15)4-5-14-6-8(11)2-3-10(14)16/h2-3,6H,4-5,7,11H2,1H3,(H2,12,15). The van der Waals surface area contributed by atoms with E-state index in [1.165, 1.54) is 10.6 Å². The molecule has 0 aromatic carbocycles. The molecule has 0 bridgehead atoms. The number of likely N-dealkylation sites (N-methyl/N-ethyl adjacent to an activating group) is 1. The van der Waals surface area contributed by atoms with Crippen LogP contribution < -0.4 is 17.0 Å². The Morgan fingerprint density at radius 3 is 2.81 bits per heavy atom. The van der Waals surface area contributed by atoms with Gasteiger partial charge in [0, 0.05) is 31.0 Å². The number of hydrogen-bond acceptors (Lipinski definition) is 4. The first-order chi connectivity index (χ1) is 7.49. The minimum absolute atomic E-state index is 0.110. The largest absolute Gasteiger partial charge is 0.398 e. The van der Waals surface area contributed by atoms with E-state index in [0.717, 1.165) is 0 Å². The highest BCUT2D eigenvalue weighted by atomic mass is 16.1. The number of anilines is 1. The van der Waals surface area contributed by atoms with Crippen LogP contribution in [0, 0.1) is 0 Å². The molecule has 0 fully saturated rings. The number of amides is 1. The smallest absolute Gasteiger partial charge is 0.250 e. The minimum atomic E-state index is -0.387. The van der Waals surface area contributed by atoms with Crippen LogP contribution in [0.5, 0.6) is 0 Å². The predicted octanol–water partition coefficient (Wildman–Crippen LogP) is -1.15. The number of carbonyl (C=O) groups is 1. The van der Waals surface area contributed by atoms with Crippen LogP contribution in [-0.2, 0) is 11.3 Å². The maximum atomic E-state index is 11.4. The number of pyridine rings is 1. The van der Waals surface area contributed by atoms with Gasteiger partial charge in [-0.3, -0.25) is 14.5 Å². The quantitative estimate of drug-likeness (QED) is 0.660. The van der Waals surface area contributed by atoms with E-state index in [4.69, 9.17) is 11.5 Å². The van der Waals surface area contributed by atoms with Crippen LogP contribution in [0.25, 0.3) is 0 Å². The first kappa shape index (κ1) is 12.3. The molecule has 0 saturated heterocycles. The second-order valence-corrected chi connectivity index (χ2v) is 3.70. The Hall–Kier alpha value is -1.82. The molecule has 0 aliphatic heterocycles. The fourth-order valence-electron chi connectivity index (χ4n) is 1.35. The van der Waals surface area contributed by atoms with Crippen molar-refractivity contribution in [1.82, 2.24) is 9.47 Å². The van der Waals surface area contributed by atoms with Crippen LogP contribution in [0.2, 0.25) is 0 Å². The summed E-state index contributed by atoms with van der Waals surface area (Å²) in [5, 5.41) is 0. The summed E-state index contributed by atoms with van der Waals surface area (Å²) in [5.74, 6) is -0.387. The van der Waals surface area contributed by atoms with Crippen molar-refractivity contribution in [3.05, 3.63) is 28.7 Å². The van der Waals surface area contributed by atoms with Crippen molar-refractivity contribution in [2.24, 2.45) is 5.73 Å². The van der Waals surface area contributed by atoms with Crippen LogP contribution in [0.1, 0.15) is 0 Å². The third-order valence-corrected chi connectivity index (χ3v) is 2.15. The van der Waals surface area contributed by atoms with Crippen LogP contribution in [-0.4, -0.2) is 35.5 Å². The number of rotatable bonds is 5. The average Bonchev–Trinajstić information content (AvgIpc) is 2.18. The molecule has 1 aromatic heterocycles. The van der Waals surface area contributed by atoms with E-state index in [0.29, 0.717) is 18.8 Å². The number of aromatic nitrogens is 1. The van der Waals surface area contributed by atoms with Gasteiger partial charge in [0.05, 0.1) is 6.54 Å². The molecule has 4 N–H and O–H groups in total. The molecule has 0 aliphatic carbocycles. The molecule has 6 heteroatoms. The van der Waals surface area contributed by atoms with Gasteiger partial charge in [0.2, 0.25) is 5.91 Å². The molecule has 6 nitrogen and oxygen atoms in total. The van der Waals surface area contributed by atoms with Gasteiger partial charge >= 0.3 is 0 Å². The van der Waals surface area contributed by atoms with Crippen LogP contribution >= 0.6 is 0 Å². The van der Waals surface area contributed by atoms with Gasteiger partial charge in [0.1, 0.15) is 0 Å². The number of nitrogens with two attached hydrogens (primary N) is 2. The van der Waals surface area contributed by atoms with Gasteiger partial charge in [-0.05, 0) is 13.1 Å². The first-order valence-corrected chi connectivity index (χ1v) is 4.92. The summed E-state index contributed by atoms with van der Waals surface area (Å²) in [6.07, 6.45) is 1.58. The highest BCUT2D eigenvalue weighted by Crippen LogP contribution is 1.96. The molecule has 0 radical (unpaired) electrons. The number of carbonyl (C=O) groups excluding carboxylic acids is 1. The van der Waals surface area contributed by atoms with Crippen LogP contribution in [0.15, 0.2) is 23.1 Å². The second kappa shape index (κ2) is 5.32. The van der Waals surface area contributed by atoms with Crippen molar-refractivity contribution in [2.75, 3.05) is 25.9 Å². The fourth-order valence-corrected chi connectivity index (χ4v) is 1.35. The fraction of sp³-hybridized carbons (Fsp3) is 0.400. The summed E-state index contributed by atoms with van der Waals surface area (Å²) in [7, 11) is 1.77. The molecule has 1 amide bonds. The minimum Gasteiger partial charge on any atom is -0.398 e. The SMILES string of the molecule is CN(CCn1cc(N)ccc1=O)CC(N)=O. The normalized spacial score (nSPS) is 10.6. The molecule has 88 valence electrons. The molecule has 0 aliphatic rings. The van der Waals surface area contributed by atoms with E-state index >= 15 is 0 Å². The zero-order chi connectivity index (χ0) is 12.1. The molecule has 1 aromatic rings. The summed E-state index contributed by atoms with van der Waals surface area (Å²) in [4.78, 5) is 23.8. The molecule has 0 spiro atoms. The molecule has 1 rings (SSSR count). The van der Waals surface area contributed by atoms with Crippen LogP contribution in [0.4, 0.5) is 5.69 Å². The van der Waals surface area contributed by atoms with E-state index in [9.17, 15) is 9.59 Å². The zero-order valence-corrected chi connectivity index (χ0v) is 9.22. The van der Waals surface area contributed by atoms with Gasteiger partial charge < -0.3 is 16.0 Å². The molecule has 16 heavy (non-hydrogen) atoms. The van der Waals surface area contributed by atoms with E-state index in [1.807, 2.05) is 0 Å². The Kier molecular flexibility index (Phi) is 4.07. The summed E-state index contributed by atoms with van der Waals surface area (Å²) < 4.78 is 1.51. The lowest BCUT2D eigenvalue weighted by Gasteiger charge is -2.15. The lowest BCUT2D eigenvalue weighted by molar-refractivity contribution is -0.118. The van der Waals surface area contributed by atoms with Gasteiger partial charge in [-0.25, -0.2) is 0 Å². The van der Waals surface area contributed by atoms with E-state index in [2.05, 4.69) is 0 Å². The molecule has 0 saturated carbocycles. The summed E-state index contributed by atoms with van der Waals surface area (Å²) >= 11 is 0. The van der Waals surface area contributed by atoms with Gasteiger partial charge in [0.15, 0.2) is 0 Å². The predicted molar refractivity (Wildman–Crippen MR) is 61.8 cm³/mol. The topological polar surface area (TPSA) is 94.3 Å². The molecule has 0 atom stereocenters. The Morgan fingerprint density at radius 1 is 1.50 bits per heavy atom. The Labute approximate surface area is 93.4 Å². The highest BCUT2D eigenvalue weighted by molar-refractivity contribution is 5.75. The third kappa shape index (κ3) is 3.74. The summed E-state index contributed by atoms with van der Waals surface area (Å²) in [6.45, 7) is 1.22. The zero-order valence-electron chi connectivity index (χ0n) is 9.22. The lowest BCUT2D eigenvalue weighted by Crippen LogP contribution is -2.34. The number of primary amides is 1. The lowest BCUT2D eigenvalue weighted by atomic mass is 10.4. The monoisotopic (exact) mass is 224 g/mol. The molecule has 0 unspecified atom stereocenters. The molecular formula is C10H16N4O2. The van der Waals surface area contributed by atoms with E-state index < -0.39 is 0 Å². The maximum Gasteiger partial charge on any atom is 0.250 e. The van der Waals surface area contributed by atoms with Crippen molar-refractivity contribution in [1.29, 1.82) is 0 Å². The second-order valence-electron chi connectivity index (χ2n) is 3.70. The Morgan fingerprint density at radius 2 is 2.19 bits per heavy atom. The van der Waals surface area contributed by atoms with E-state index in [1.54, 1.807) is 24.2 Å². The van der Waals surface area contributed by atoms with Crippen molar-refractivity contribution in [3.63, 3.8) is 0 Å². The van der Waals surface area contributed by atoms with Crippen molar-refractivity contribution < 1.29 is 4.79 Å². The number of nitrogen functional groups attached to an aromatic ring is 1. The van der Waals surface area contributed by atoms with Gasteiger partial charge in [0.25, 0.3) is 5.56 Å². The van der Waals surface area contributed by atoms with Gasteiger partial charge in [-0.2, -0.15) is 0 Å². The maximum absolute atomic E-state index is 11.4. The third-order valence-electron chi connectivity index (χ3n) is 2.15. The van der Waals surface area contributed by atoms with Crippen molar-refractivity contribution in [2.45, 2.75) is 6.54 Å². The van der Waals surface area contributed by atoms with E-state index in [-0.39, 0.29) is 18.0 Å². The molecular weight excluding hydrogens is 208 g/mol. The summed E-state index contributed by atoms with van der Waals surface area (Å²) in [6, 6.07) is 2.98. The Bertz CT molecular complexity index is 427. The average molecular weight is 224 g/mol. The van der Waals surface area contributed by atoms with Gasteiger partial charge in [-0.15, -0.1) is 0 Å². The van der Waals surface area contributed by atoms with Gasteiger partial charge in [-0.1, -0.05) is 0 Å². The van der Waals surface area contributed by atoms with Crippen molar-refractivity contribution >= 4 is 11.6 Å². The van der Waals surface area contributed by atoms with Crippen LogP contribution in [0.3, 0.4) is 0 Å². The Balaban J connectivity index is 2.57. The first-order valence-electron chi connectivity index (χ1n) is 4.92. The number of nitrogens with zero attached hydrogens (tertiary/aromatic N) is 2. The summed E-state index contributed by atoms with van der Waals surface area (Å²) in [5.41, 5.74) is 11.0. The van der Waals surface area contributed by atoms with Crippen molar-refractivity contribution in [3.8, 4) is 0 Å². The number of hydrogen-bond donors (Lipinski definition) is 2. The molecule has 1 heterocycles. The highest BCUT2D eigenvalue weighted by Gasteiger charge is 2.03.